The fourth-order valence-corrected chi connectivity index (χ4v) is 0. The zero-order valence-electron chi connectivity index (χ0n) is 9.11. The fraction of sp³-hybridized carbons (Fsp3) is 0.500. The summed E-state index contributed by atoms with van der Waals surface area (Å²) < 4.78 is 115. The van der Waals surface area contributed by atoms with E-state index in [9.17, 15) is 26.3 Å². The molecule has 0 atom stereocenters. The summed E-state index contributed by atoms with van der Waals surface area (Å²) in [5.74, 6) is 0. The predicted octanol–water partition coefficient (Wildman–Crippen LogP) is 1.69. The molecule has 15 heteroatoms. The van der Waals surface area contributed by atoms with Crippen molar-refractivity contribution in [1.82, 2.24) is 0 Å². The molecule has 0 fully saturated rings. The molecule has 0 aliphatic heterocycles. The second kappa shape index (κ2) is 9.12. The third kappa shape index (κ3) is 14.3. The van der Waals surface area contributed by atoms with Crippen LogP contribution in [0.4, 0.5) is 26.3 Å². The van der Waals surface area contributed by atoms with Crippen LogP contribution in [-0.4, -0.2) is 37.0 Å². The first-order chi connectivity index (χ1) is 6.50. The molecule has 0 saturated heterocycles. The van der Waals surface area contributed by atoms with Gasteiger partial charge in [0.1, 0.15) is 0 Å². The van der Waals surface area contributed by atoms with E-state index in [0.29, 0.717) is 0 Å². The van der Waals surface area contributed by atoms with Gasteiger partial charge in [0.2, 0.25) is 0 Å². The predicted molar refractivity (Wildman–Crippen MR) is 48.0 cm³/mol. The molecule has 0 heterocycles. The molecule has 6 nitrogen and oxygen atoms in total. The Kier molecular flexibility index (Phi) is 15.1. The summed E-state index contributed by atoms with van der Waals surface area (Å²) in [6.07, 6.45) is 0. The summed E-state index contributed by atoms with van der Waals surface area (Å²) in [6.45, 7) is 0. The Labute approximate surface area is 120 Å². The van der Waals surface area contributed by atoms with E-state index < -0.39 is 31.3 Å². The summed E-state index contributed by atoms with van der Waals surface area (Å²) in [6, 6.07) is 0. The summed E-state index contributed by atoms with van der Waals surface area (Å²) in [5, 5.41) is 0. The van der Waals surface area contributed by atoms with Gasteiger partial charge >= 0.3 is 53.0 Å². The number of hydrogen-bond acceptors (Lipinski definition) is 4. The molecule has 19 heavy (non-hydrogen) atoms. The summed E-state index contributed by atoms with van der Waals surface area (Å²) in [5.41, 5.74) is -11.1. The van der Waals surface area contributed by atoms with E-state index in [-0.39, 0.29) is 36.6 Å². The Bertz CT molecular complexity index is 380. The number of rotatable bonds is 0. The molecule has 0 aliphatic rings. The average Bonchev–Trinajstić information content (AvgIpc) is 1.77. The van der Waals surface area contributed by atoms with Crippen molar-refractivity contribution in [2.24, 2.45) is 0 Å². The summed E-state index contributed by atoms with van der Waals surface area (Å²) in [7, 11) is -11.7. The molecule has 118 valence electrons. The van der Waals surface area contributed by atoms with Crippen LogP contribution in [0.15, 0.2) is 0 Å². The van der Waals surface area contributed by atoms with Crippen molar-refractivity contribution in [2.45, 2.75) is 11.0 Å². The minimum absolute atomic E-state index is 0. The Balaban J connectivity index is -0.0000000594. The second-order valence-electron chi connectivity index (χ2n) is 1.84. The SMILES string of the molecule is O=S(=O)(O)C(F)(F)F.O=S(=O)(O)C(F)(F)F.[CH3-].[CH3-].[Ti+2]. The van der Waals surface area contributed by atoms with E-state index in [1.807, 2.05) is 0 Å². The van der Waals surface area contributed by atoms with Gasteiger partial charge in [-0.2, -0.15) is 43.2 Å². The maximum Gasteiger partial charge on any atom is 2.00 e. The molecular formula is C4H8F6O6S2Ti. The number of halogens is 6. The Morgan fingerprint density at radius 1 is 0.632 bits per heavy atom. The van der Waals surface area contributed by atoms with Gasteiger partial charge in [-0.15, -0.1) is 0 Å². The molecule has 0 spiro atoms. The van der Waals surface area contributed by atoms with Crippen LogP contribution in [0.1, 0.15) is 0 Å². The first-order valence-electron chi connectivity index (χ1n) is 2.57. The van der Waals surface area contributed by atoms with Crippen LogP contribution in [0.5, 0.6) is 0 Å². The summed E-state index contributed by atoms with van der Waals surface area (Å²) in [4.78, 5) is 0. The molecule has 0 saturated carbocycles. The topological polar surface area (TPSA) is 109 Å². The monoisotopic (exact) mass is 378 g/mol. The van der Waals surface area contributed by atoms with Gasteiger partial charge in [0.05, 0.1) is 0 Å². The van der Waals surface area contributed by atoms with E-state index in [1.165, 1.54) is 0 Å². The Hall–Kier alpha value is 0.114. The number of alkyl halides is 6. The minimum Gasteiger partial charge on any atom is -0.358 e. The maximum atomic E-state index is 10.7. The van der Waals surface area contributed by atoms with Crippen LogP contribution in [-0.2, 0) is 42.0 Å². The zero-order chi connectivity index (χ0) is 14.0. The third-order valence-electron chi connectivity index (χ3n) is 0.585. The Morgan fingerprint density at radius 2 is 0.684 bits per heavy atom. The first kappa shape index (κ1) is 31.5. The van der Waals surface area contributed by atoms with Gasteiger partial charge in [0.25, 0.3) is 0 Å². The quantitative estimate of drug-likeness (QED) is 0.218. The molecule has 2 N–H and O–H groups in total. The Morgan fingerprint density at radius 3 is 0.684 bits per heavy atom. The molecule has 0 aliphatic carbocycles. The van der Waals surface area contributed by atoms with Crippen LogP contribution in [0.3, 0.4) is 0 Å². The molecule has 0 bridgehead atoms. The van der Waals surface area contributed by atoms with Crippen molar-refractivity contribution in [3.05, 3.63) is 14.9 Å². The van der Waals surface area contributed by atoms with E-state index in [0.717, 1.165) is 0 Å². The van der Waals surface area contributed by atoms with Crippen molar-refractivity contribution in [2.75, 3.05) is 0 Å². The van der Waals surface area contributed by atoms with Gasteiger partial charge in [0.15, 0.2) is 0 Å². The van der Waals surface area contributed by atoms with Gasteiger partial charge in [-0.25, -0.2) is 0 Å². The second-order valence-corrected chi connectivity index (χ2v) is 4.67. The van der Waals surface area contributed by atoms with Gasteiger partial charge < -0.3 is 14.9 Å². The molecular weight excluding hydrogens is 370 g/mol. The van der Waals surface area contributed by atoms with Gasteiger partial charge in [-0.1, -0.05) is 0 Å². The van der Waals surface area contributed by atoms with Crippen LogP contribution in [0.2, 0.25) is 0 Å². The van der Waals surface area contributed by atoms with Gasteiger partial charge in [-0.3, -0.25) is 9.11 Å². The van der Waals surface area contributed by atoms with Crippen molar-refractivity contribution >= 4 is 20.2 Å². The fourth-order valence-electron chi connectivity index (χ4n) is 0. The molecule has 0 rings (SSSR count). The van der Waals surface area contributed by atoms with Gasteiger partial charge in [0, 0.05) is 0 Å². The first-order valence-corrected chi connectivity index (χ1v) is 5.45. The van der Waals surface area contributed by atoms with Gasteiger partial charge in [-0.05, 0) is 0 Å². The smallest absolute Gasteiger partial charge is 0.358 e. The molecule has 0 aromatic heterocycles. The summed E-state index contributed by atoms with van der Waals surface area (Å²) >= 11 is 0. The molecule has 0 radical (unpaired) electrons. The van der Waals surface area contributed by atoms with E-state index in [4.69, 9.17) is 25.9 Å². The van der Waals surface area contributed by atoms with Crippen LogP contribution in [0.25, 0.3) is 0 Å². The van der Waals surface area contributed by atoms with E-state index >= 15 is 0 Å². The largest absolute Gasteiger partial charge is 2.00 e. The zero-order valence-corrected chi connectivity index (χ0v) is 12.3. The molecule has 0 aromatic carbocycles. The third-order valence-corrected chi connectivity index (χ3v) is 1.75. The van der Waals surface area contributed by atoms with Crippen LogP contribution < -0.4 is 0 Å². The van der Waals surface area contributed by atoms with Crippen molar-refractivity contribution < 1.29 is 74.0 Å². The molecule has 0 amide bonds. The average molecular weight is 378 g/mol. The van der Waals surface area contributed by atoms with Crippen molar-refractivity contribution in [3.8, 4) is 0 Å². The molecule has 0 aromatic rings. The minimum atomic E-state index is -5.84. The van der Waals surface area contributed by atoms with Crippen molar-refractivity contribution in [3.63, 3.8) is 0 Å². The van der Waals surface area contributed by atoms with E-state index in [2.05, 4.69) is 0 Å². The van der Waals surface area contributed by atoms with Crippen LogP contribution in [0, 0.1) is 14.9 Å². The van der Waals surface area contributed by atoms with Crippen molar-refractivity contribution in [1.29, 1.82) is 0 Å². The number of hydrogen-bond donors (Lipinski definition) is 2. The van der Waals surface area contributed by atoms with E-state index in [1.54, 1.807) is 0 Å². The molecule has 0 unspecified atom stereocenters. The van der Waals surface area contributed by atoms with Crippen LogP contribution >= 0.6 is 0 Å². The maximum absolute atomic E-state index is 10.7. The normalized spacial score (nSPS) is 11.8. The standard InChI is InChI=1S/2CHF3O3S.2CH3.Ti/c2*2-1(3,4)8(5,6)7;;;/h2*(H,5,6,7);2*1H3;/q;;2*-1;+2.